The summed E-state index contributed by atoms with van der Waals surface area (Å²) < 4.78 is 31.7. The summed E-state index contributed by atoms with van der Waals surface area (Å²) >= 11 is 0. The van der Waals surface area contributed by atoms with Crippen molar-refractivity contribution in [2.24, 2.45) is 5.92 Å². The highest BCUT2D eigenvalue weighted by Crippen LogP contribution is 2.27. The SMILES string of the molecule is O=S(=O)(NCC[C@H]1CCCN(Cc2ccco2)C1)C1CC1. The highest BCUT2D eigenvalue weighted by Gasteiger charge is 2.35. The second kappa shape index (κ2) is 6.50. The van der Waals surface area contributed by atoms with Gasteiger partial charge in [-0.2, -0.15) is 0 Å². The first-order chi connectivity index (χ1) is 10.1. The molecule has 1 aromatic heterocycles. The number of nitrogens with zero attached hydrogens (tertiary/aromatic N) is 1. The minimum Gasteiger partial charge on any atom is -0.468 e. The van der Waals surface area contributed by atoms with Gasteiger partial charge in [0.15, 0.2) is 0 Å². The molecular weight excluding hydrogens is 288 g/mol. The van der Waals surface area contributed by atoms with Crippen LogP contribution in [0.4, 0.5) is 0 Å². The van der Waals surface area contributed by atoms with E-state index in [-0.39, 0.29) is 5.25 Å². The molecule has 0 aromatic carbocycles. The molecule has 0 unspecified atom stereocenters. The summed E-state index contributed by atoms with van der Waals surface area (Å²) in [5.74, 6) is 1.58. The monoisotopic (exact) mass is 312 g/mol. The zero-order chi connectivity index (χ0) is 14.7. The predicted molar refractivity (Wildman–Crippen MR) is 81.3 cm³/mol. The third-order valence-electron chi connectivity index (χ3n) is 4.38. The molecule has 0 amide bonds. The number of hydrogen-bond acceptors (Lipinski definition) is 4. The normalized spacial score (nSPS) is 24.3. The molecule has 2 fully saturated rings. The third-order valence-corrected chi connectivity index (χ3v) is 6.34. The first-order valence-corrected chi connectivity index (χ1v) is 9.41. The lowest BCUT2D eigenvalue weighted by Crippen LogP contribution is -2.37. The molecule has 2 aliphatic rings. The molecule has 5 nitrogen and oxygen atoms in total. The van der Waals surface area contributed by atoms with Crippen molar-refractivity contribution in [1.29, 1.82) is 0 Å². The Morgan fingerprint density at radius 2 is 2.19 bits per heavy atom. The number of nitrogens with one attached hydrogen (secondary N) is 1. The Morgan fingerprint density at radius 3 is 2.90 bits per heavy atom. The molecule has 21 heavy (non-hydrogen) atoms. The molecule has 2 heterocycles. The number of sulfonamides is 1. The molecule has 6 heteroatoms. The molecule has 1 atom stereocenters. The molecule has 118 valence electrons. The van der Waals surface area contributed by atoms with Gasteiger partial charge in [-0.15, -0.1) is 0 Å². The first kappa shape index (κ1) is 15.1. The van der Waals surface area contributed by atoms with Crippen molar-refractivity contribution in [2.45, 2.75) is 43.9 Å². The second-order valence-electron chi connectivity index (χ2n) is 6.25. The van der Waals surface area contributed by atoms with E-state index in [1.807, 2.05) is 12.1 Å². The van der Waals surface area contributed by atoms with Crippen LogP contribution >= 0.6 is 0 Å². The van der Waals surface area contributed by atoms with Gasteiger partial charge in [0, 0.05) is 13.1 Å². The van der Waals surface area contributed by atoms with E-state index in [1.165, 1.54) is 12.8 Å². The van der Waals surface area contributed by atoms with E-state index < -0.39 is 10.0 Å². The molecule has 1 aliphatic carbocycles. The van der Waals surface area contributed by atoms with Crippen molar-refractivity contribution in [2.75, 3.05) is 19.6 Å². The molecule has 0 spiro atoms. The van der Waals surface area contributed by atoms with Crippen molar-refractivity contribution in [3.63, 3.8) is 0 Å². The maximum atomic E-state index is 11.8. The summed E-state index contributed by atoms with van der Waals surface area (Å²) in [6.07, 6.45) is 6.68. The van der Waals surface area contributed by atoms with Gasteiger partial charge in [0.05, 0.1) is 18.1 Å². The minimum absolute atomic E-state index is 0.112. The Kier molecular flexibility index (Phi) is 4.66. The zero-order valence-corrected chi connectivity index (χ0v) is 13.1. The quantitative estimate of drug-likeness (QED) is 0.836. The maximum absolute atomic E-state index is 11.8. The van der Waals surface area contributed by atoms with Crippen LogP contribution in [-0.2, 0) is 16.6 Å². The molecule has 1 saturated carbocycles. The van der Waals surface area contributed by atoms with Crippen LogP contribution in [0.5, 0.6) is 0 Å². The largest absolute Gasteiger partial charge is 0.468 e. The molecule has 0 bridgehead atoms. The van der Waals surface area contributed by atoms with Crippen molar-refractivity contribution in [1.82, 2.24) is 9.62 Å². The molecule has 0 radical (unpaired) electrons. The lowest BCUT2D eigenvalue weighted by molar-refractivity contribution is 0.152. The van der Waals surface area contributed by atoms with Crippen LogP contribution in [0.15, 0.2) is 22.8 Å². The smallest absolute Gasteiger partial charge is 0.214 e. The van der Waals surface area contributed by atoms with E-state index >= 15 is 0 Å². The Balaban J connectivity index is 1.41. The minimum atomic E-state index is -3.02. The highest BCUT2D eigenvalue weighted by atomic mass is 32.2. The molecule has 1 saturated heterocycles. The van der Waals surface area contributed by atoms with Gasteiger partial charge in [-0.3, -0.25) is 4.90 Å². The van der Waals surface area contributed by atoms with Crippen molar-refractivity contribution in [3.05, 3.63) is 24.2 Å². The second-order valence-corrected chi connectivity index (χ2v) is 8.30. The Hall–Kier alpha value is -0.850. The van der Waals surface area contributed by atoms with Crippen LogP contribution in [0.2, 0.25) is 0 Å². The van der Waals surface area contributed by atoms with Gasteiger partial charge in [0.2, 0.25) is 10.0 Å². The molecule has 1 aromatic rings. The summed E-state index contributed by atoms with van der Waals surface area (Å²) in [5, 5.41) is -0.112. The van der Waals surface area contributed by atoms with Gasteiger partial charge in [0.1, 0.15) is 5.76 Å². The molecule has 1 aliphatic heterocycles. The van der Waals surface area contributed by atoms with Gasteiger partial charge >= 0.3 is 0 Å². The van der Waals surface area contributed by atoms with Gasteiger partial charge in [-0.1, -0.05) is 0 Å². The number of hydrogen-bond donors (Lipinski definition) is 1. The van der Waals surface area contributed by atoms with Crippen LogP contribution in [0.1, 0.15) is 37.9 Å². The Labute approximate surface area is 126 Å². The van der Waals surface area contributed by atoms with E-state index in [1.54, 1.807) is 6.26 Å². The van der Waals surface area contributed by atoms with Crippen LogP contribution in [0.3, 0.4) is 0 Å². The standard InChI is InChI=1S/C15H24N2O3S/c18-21(19,15-5-6-15)16-8-7-13-3-1-9-17(11-13)12-14-4-2-10-20-14/h2,4,10,13,15-16H,1,3,5-9,11-12H2/t13-/m1/s1. The number of rotatable bonds is 7. The van der Waals surface area contributed by atoms with Gasteiger partial charge < -0.3 is 4.42 Å². The number of likely N-dealkylation sites (tertiary alicyclic amines) is 1. The van der Waals surface area contributed by atoms with Crippen molar-refractivity contribution >= 4 is 10.0 Å². The van der Waals surface area contributed by atoms with E-state index in [9.17, 15) is 8.42 Å². The highest BCUT2D eigenvalue weighted by molar-refractivity contribution is 7.90. The summed E-state index contributed by atoms with van der Waals surface area (Å²) in [6, 6.07) is 3.93. The van der Waals surface area contributed by atoms with Crippen molar-refractivity contribution < 1.29 is 12.8 Å². The van der Waals surface area contributed by atoms with Crippen LogP contribution in [0.25, 0.3) is 0 Å². The van der Waals surface area contributed by atoms with Gasteiger partial charge in [0.25, 0.3) is 0 Å². The zero-order valence-electron chi connectivity index (χ0n) is 12.3. The lowest BCUT2D eigenvalue weighted by Gasteiger charge is -2.32. The lowest BCUT2D eigenvalue weighted by atomic mass is 9.95. The van der Waals surface area contributed by atoms with E-state index in [2.05, 4.69) is 9.62 Å². The summed E-state index contributed by atoms with van der Waals surface area (Å²) in [4.78, 5) is 2.41. The maximum Gasteiger partial charge on any atom is 0.214 e. The van der Waals surface area contributed by atoms with Crippen molar-refractivity contribution in [3.8, 4) is 0 Å². The Bertz CT molecular complexity index is 537. The van der Waals surface area contributed by atoms with Crippen LogP contribution in [0, 0.1) is 5.92 Å². The van der Waals surface area contributed by atoms with Crippen LogP contribution < -0.4 is 4.72 Å². The van der Waals surface area contributed by atoms with E-state index in [4.69, 9.17) is 4.42 Å². The average Bonchev–Trinajstić information content (AvgIpc) is 3.20. The number of piperidine rings is 1. The molecule has 1 N–H and O–H groups in total. The average molecular weight is 312 g/mol. The first-order valence-electron chi connectivity index (χ1n) is 7.87. The topological polar surface area (TPSA) is 62.6 Å². The fourth-order valence-corrected chi connectivity index (χ4v) is 4.45. The van der Waals surface area contributed by atoms with Gasteiger partial charge in [-0.25, -0.2) is 13.1 Å². The fourth-order valence-electron chi connectivity index (χ4n) is 3.05. The summed E-state index contributed by atoms with van der Waals surface area (Å²) in [7, 11) is -3.02. The molecule has 3 rings (SSSR count). The predicted octanol–water partition coefficient (Wildman–Crippen LogP) is 1.96. The van der Waals surface area contributed by atoms with E-state index in [0.29, 0.717) is 12.5 Å². The number of furan rings is 1. The fraction of sp³-hybridized carbons (Fsp3) is 0.733. The Morgan fingerprint density at radius 1 is 1.33 bits per heavy atom. The van der Waals surface area contributed by atoms with Crippen LogP contribution in [-0.4, -0.2) is 38.2 Å². The van der Waals surface area contributed by atoms with Gasteiger partial charge in [-0.05, 0) is 56.7 Å². The molecular formula is C15H24N2O3S. The third kappa shape index (κ3) is 4.31. The summed E-state index contributed by atoms with van der Waals surface area (Å²) in [6.45, 7) is 3.58. The van der Waals surface area contributed by atoms with E-state index in [0.717, 1.165) is 44.7 Å². The summed E-state index contributed by atoms with van der Waals surface area (Å²) in [5.41, 5.74) is 0.